The molecule has 28 heavy (non-hydrogen) atoms. The van der Waals surface area contributed by atoms with E-state index in [0.717, 1.165) is 63.9 Å². The van der Waals surface area contributed by atoms with E-state index in [0.29, 0.717) is 16.6 Å². The topological polar surface area (TPSA) is 61.3 Å². The number of aromatic nitrogens is 2. The molecule has 3 rings (SSSR count). The summed E-state index contributed by atoms with van der Waals surface area (Å²) in [4.78, 5) is 29.4. The maximum absolute atomic E-state index is 13.3. The Balaban J connectivity index is 1.38. The highest BCUT2D eigenvalue weighted by Crippen LogP contribution is 2.22. The van der Waals surface area contributed by atoms with Crippen LogP contribution in [-0.2, 0) is 13.1 Å². The SMILES string of the molecule is O=c1[nH]c(=O)n(CCCCN2CCN(Cc3ccc(Cl)cc3Cl)CC2)cc1F. The first-order valence-electron chi connectivity index (χ1n) is 9.30. The summed E-state index contributed by atoms with van der Waals surface area (Å²) < 4.78 is 14.5. The van der Waals surface area contributed by atoms with Crippen LogP contribution in [0.4, 0.5) is 4.39 Å². The monoisotopic (exact) mass is 428 g/mol. The van der Waals surface area contributed by atoms with Crippen molar-refractivity contribution in [3.63, 3.8) is 0 Å². The van der Waals surface area contributed by atoms with Gasteiger partial charge in [-0.2, -0.15) is 4.39 Å². The number of benzene rings is 1. The average molecular weight is 429 g/mol. The molecule has 1 aliphatic heterocycles. The predicted octanol–water partition coefficient (Wildman–Crippen LogP) is 2.58. The van der Waals surface area contributed by atoms with Crippen LogP contribution in [0, 0.1) is 5.82 Å². The van der Waals surface area contributed by atoms with E-state index in [9.17, 15) is 14.0 Å². The first-order valence-corrected chi connectivity index (χ1v) is 10.1. The molecule has 6 nitrogen and oxygen atoms in total. The smallest absolute Gasteiger partial charge is 0.301 e. The molecule has 0 bridgehead atoms. The van der Waals surface area contributed by atoms with Gasteiger partial charge in [0.1, 0.15) is 0 Å². The molecular weight excluding hydrogens is 406 g/mol. The number of aromatic amines is 1. The molecule has 1 aliphatic rings. The summed E-state index contributed by atoms with van der Waals surface area (Å²) in [7, 11) is 0. The van der Waals surface area contributed by atoms with Gasteiger partial charge < -0.3 is 4.90 Å². The van der Waals surface area contributed by atoms with Crippen molar-refractivity contribution in [2.75, 3.05) is 32.7 Å². The summed E-state index contributed by atoms with van der Waals surface area (Å²) in [6, 6.07) is 5.60. The fourth-order valence-corrected chi connectivity index (χ4v) is 3.80. The van der Waals surface area contributed by atoms with Gasteiger partial charge in [0.2, 0.25) is 5.82 Å². The number of nitrogens with one attached hydrogen (secondary N) is 1. The van der Waals surface area contributed by atoms with Gasteiger partial charge in [-0.25, -0.2) is 4.79 Å². The number of H-pyrrole nitrogens is 1. The van der Waals surface area contributed by atoms with Gasteiger partial charge >= 0.3 is 5.69 Å². The van der Waals surface area contributed by atoms with E-state index in [-0.39, 0.29) is 0 Å². The first kappa shape index (κ1) is 21.0. The summed E-state index contributed by atoms with van der Waals surface area (Å²) in [6.45, 7) is 5.99. The number of piperazine rings is 1. The number of hydrogen-bond donors (Lipinski definition) is 1. The Morgan fingerprint density at radius 2 is 1.68 bits per heavy atom. The highest BCUT2D eigenvalue weighted by molar-refractivity contribution is 6.35. The summed E-state index contributed by atoms with van der Waals surface area (Å²) in [5.41, 5.74) is -0.460. The van der Waals surface area contributed by atoms with Crippen molar-refractivity contribution < 1.29 is 4.39 Å². The molecule has 9 heteroatoms. The molecule has 1 N–H and O–H groups in total. The van der Waals surface area contributed by atoms with Gasteiger partial charge in [0, 0.05) is 49.3 Å². The van der Waals surface area contributed by atoms with Gasteiger partial charge in [-0.05, 0) is 37.1 Å². The van der Waals surface area contributed by atoms with E-state index in [1.54, 1.807) is 6.07 Å². The second kappa shape index (κ2) is 9.69. The zero-order valence-electron chi connectivity index (χ0n) is 15.5. The van der Waals surface area contributed by atoms with Crippen LogP contribution in [0.15, 0.2) is 34.0 Å². The minimum atomic E-state index is -0.973. The summed E-state index contributed by atoms with van der Waals surface area (Å²) >= 11 is 12.2. The zero-order valence-corrected chi connectivity index (χ0v) is 17.0. The number of hydrogen-bond acceptors (Lipinski definition) is 4. The lowest BCUT2D eigenvalue weighted by Crippen LogP contribution is -2.46. The van der Waals surface area contributed by atoms with Crippen LogP contribution in [0.2, 0.25) is 10.0 Å². The molecule has 0 spiro atoms. The maximum atomic E-state index is 13.3. The van der Waals surface area contributed by atoms with E-state index in [1.165, 1.54) is 4.57 Å². The third-order valence-electron chi connectivity index (χ3n) is 4.96. The number of nitrogens with zero attached hydrogens (tertiary/aromatic N) is 3. The second-order valence-corrected chi connectivity index (χ2v) is 7.83. The van der Waals surface area contributed by atoms with Gasteiger partial charge in [0.05, 0.1) is 6.20 Å². The Morgan fingerprint density at radius 1 is 1.00 bits per heavy atom. The third kappa shape index (κ3) is 5.67. The molecule has 1 saturated heterocycles. The standard InChI is InChI=1S/C19H23Cl2FN4O2/c20-15-4-3-14(16(21)11-15)12-25-9-7-24(8-10-25)5-1-2-6-26-13-17(22)18(27)23-19(26)28/h3-4,11,13H,1-2,5-10,12H2,(H,23,27,28). The highest BCUT2D eigenvalue weighted by atomic mass is 35.5. The van der Waals surface area contributed by atoms with Crippen molar-refractivity contribution >= 4 is 23.2 Å². The van der Waals surface area contributed by atoms with Gasteiger partial charge in [0.15, 0.2) is 0 Å². The molecule has 152 valence electrons. The summed E-state index contributed by atoms with van der Waals surface area (Å²) in [5.74, 6) is -0.934. The van der Waals surface area contributed by atoms with Crippen molar-refractivity contribution in [1.29, 1.82) is 0 Å². The van der Waals surface area contributed by atoms with E-state index < -0.39 is 17.1 Å². The molecule has 2 aromatic rings. The van der Waals surface area contributed by atoms with Crippen LogP contribution in [0.1, 0.15) is 18.4 Å². The lowest BCUT2D eigenvalue weighted by atomic mass is 10.2. The van der Waals surface area contributed by atoms with Crippen molar-refractivity contribution in [2.45, 2.75) is 25.9 Å². The minimum absolute atomic E-state index is 0.390. The Kier molecular flexibility index (Phi) is 7.29. The Bertz CT molecular complexity index is 923. The average Bonchev–Trinajstić information content (AvgIpc) is 2.66. The van der Waals surface area contributed by atoms with Crippen molar-refractivity contribution in [2.24, 2.45) is 0 Å². The molecule has 0 aliphatic carbocycles. The molecule has 0 radical (unpaired) electrons. The zero-order chi connectivity index (χ0) is 20.1. The fourth-order valence-electron chi connectivity index (χ4n) is 3.33. The molecule has 0 saturated carbocycles. The van der Waals surface area contributed by atoms with Crippen LogP contribution < -0.4 is 11.2 Å². The van der Waals surface area contributed by atoms with Crippen LogP contribution in [0.3, 0.4) is 0 Å². The maximum Gasteiger partial charge on any atom is 0.328 e. The molecule has 1 aromatic carbocycles. The molecule has 2 heterocycles. The van der Waals surface area contributed by atoms with Crippen molar-refractivity contribution in [3.8, 4) is 0 Å². The van der Waals surface area contributed by atoms with Crippen LogP contribution >= 0.6 is 23.2 Å². The van der Waals surface area contributed by atoms with Crippen molar-refractivity contribution in [1.82, 2.24) is 19.4 Å². The molecular formula is C19H23Cl2FN4O2. The molecule has 0 atom stereocenters. The van der Waals surface area contributed by atoms with E-state index >= 15 is 0 Å². The fraction of sp³-hybridized carbons (Fsp3) is 0.474. The normalized spacial score (nSPS) is 15.8. The molecule has 1 aromatic heterocycles. The summed E-state index contributed by atoms with van der Waals surface area (Å²) in [6.07, 6.45) is 2.62. The number of aryl methyl sites for hydroxylation is 1. The van der Waals surface area contributed by atoms with E-state index in [1.807, 2.05) is 17.1 Å². The quantitative estimate of drug-likeness (QED) is 0.688. The first-order chi connectivity index (χ1) is 13.4. The largest absolute Gasteiger partial charge is 0.328 e. The number of halogens is 3. The van der Waals surface area contributed by atoms with Crippen LogP contribution in [-0.4, -0.2) is 52.1 Å². The lowest BCUT2D eigenvalue weighted by molar-refractivity contribution is 0.125. The Morgan fingerprint density at radius 3 is 2.39 bits per heavy atom. The predicted molar refractivity (Wildman–Crippen MR) is 109 cm³/mol. The Labute approximate surface area is 172 Å². The lowest BCUT2D eigenvalue weighted by Gasteiger charge is -2.34. The van der Waals surface area contributed by atoms with Crippen LogP contribution in [0.25, 0.3) is 0 Å². The van der Waals surface area contributed by atoms with Gasteiger partial charge in [0.25, 0.3) is 5.56 Å². The summed E-state index contributed by atoms with van der Waals surface area (Å²) in [5, 5.41) is 1.34. The third-order valence-corrected chi connectivity index (χ3v) is 5.55. The van der Waals surface area contributed by atoms with Crippen LogP contribution in [0.5, 0.6) is 0 Å². The van der Waals surface area contributed by atoms with Gasteiger partial charge in [-0.1, -0.05) is 29.3 Å². The van der Waals surface area contributed by atoms with Gasteiger partial charge in [-0.15, -0.1) is 0 Å². The van der Waals surface area contributed by atoms with Crippen molar-refractivity contribution in [3.05, 3.63) is 66.7 Å². The number of unbranched alkanes of at least 4 members (excludes halogenated alkanes) is 1. The second-order valence-electron chi connectivity index (χ2n) is 6.99. The minimum Gasteiger partial charge on any atom is -0.301 e. The van der Waals surface area contributed by atoms with E-state index in [2.05, 4.69) is 9.80 Å². The molecule has 1 fully saturated rings. The molecule has 0 amide bonds. The van der Waals surface area contributed by atoms with Gasteiger partial charge in [-0.3, -0.25) is 19.2 Å². The number of rotatable bonds is 7. The van der Waals surface area contributed by atoms with E-state index in [4.69, 9.17) is 23.2 Å². The Hall–Kier alpha value is -1.67. The molecule has 0 unspecified atom stereocenters. The highest BCUT2D eigenvalue weighted by Gasteiger charge is 2.17.